The fraction of sp³-hybridized carbons (Fsp3) is 0.429. The second-order valence-corrected chi connectivity index (χ2v) is 5.16. The maximum Gasteiger partial charge on any atom is 0.242 e. The van der Waals surface area contributed by atoms with Crippen molar-refractivity contribution in [3.05, 3.63) is 34.9 Å². The van der Waals surface area contributed by atoms with Crippen molar-refractivity contribution in [1.29, 1.82) is 0 Å². The van der Waals surface area contributed by atoms with E-state index in [4.69, 9.17) is 17.3 Å². The van der Waals surface area contributed by atoms with Crippen LogP contribution in [0.3, 0.4) is 0 Å². The molecule has 0 aliphatic carbocycles. The van der Waals surface area contributed by atoms with Gasteiger partial charge in [0.1, 0.15) is 0 Å². The summed E-state index contributed by atoms with van der Waals surface area (Å²) in [6.45, 7) is 4.13. The van der Waals surface area contributed by atoms with Crippen LogP contribution < -0.4 is 11.1 Å². The minimum atomic E-state index is -0.343. The lowest BCUT2D eigenvalue weighted by molar-refractivity contribution is -0.134. The van der Waals surface area contributed by atoms with Crippen LogP contribution in [-0.4, -0.2) is 35.8 Å². The minimum Gasteiger partial charge on any atom is -0.346 e. The predicted molar refractivity (Wildman–Crippen MR) is 79.2 cm³/mol. The zero-order chi connectivity index (χ0) is 15.1. The van der Waals surface area contributed by atoms with Crippen molar-refractivity contribution in [3.63, 3.8) is 0 Å². The smallest absolute Gasteiger partial charge is 0.242 e. The van der Waals surface area contributed by atoms with Gasteiger partial charge in [0.05, 0.1) is 13.1 Å². The standard InChI is InChI=1S/C14H20ClN3O2/c1-10(2)18(14(20)8-17-13(19)7-16)9-11-4-3-5-12(15)6-11/h3-6,10H,7-9,16H2,1-2H3,(H,17,19). The van der Waals surface area contributed by atoms with Crippen LogP contribution in [0.15, 0.2) is 24.3 Å². The van der Waals surface area contributed by atoms with Crippen molar-refractivity contribution in [1.82, 2.24) is 10.2 Å². The van der Waals surface area contributed by atoms with E-state index in [1.807, 2.05) is 32.0 Å². The third-order valence-corrected chi connectivity index (χ3v) is 3.04. The van der Waals surface area contributed by atoms with Gasteiger partial charge in [0.2, 0.25) is 11.8 Å². The van der Waals surface area contributed by atoms with Crippen molar-refractivity contribution < 1.29 is 9.59 Å². The molecule has 0 spiro atoms. The molecule has 0 radical (unpaired) electrons. The van der Waals surface area contributed by atoms with Crippen LogP contribution in [-0.2, 0) is 16.1 Å². The number of benzene rings is 1. The molecule has 0 heterocycles. The minimum absolute atomic E-state index is 0.0243. The molecular formula is C14H20ClN3O2. The van der Waals surface area contributed by atoms with E-state index >= 15 is 0 Å². The summed E-state index contributed by atoms with van der Waals surface area (Å²) in [6.07, 6.45) is 0. The quantitative estimate of drug-likeness (QED) is 0.827. The molecule has 1 aromatic rings. The summed E-state index contributed by atoms with van der Waals surface area (Å²) in [7, 11) is 0. The first-order valence-corrected chi connectivity index (χ1v) is 6.82. The molecule has 0 aromatic heterocycles. The molecule has 0 bridgehead atoms. The third-order valence-electron chi connectivity index (χ3n) is 2.81. The summed E-state index contributed by atoms with van der Waals surface area (Å²) in [5.74, 6) is -0.494. The molecule has 2 amide bonds. The normalized spacial score (nSPS) is 10.4. The fourth-order valence-corrected chi connectivity index (χ4v) is 1.95. The lowest BCUT2D eigenvalue weighted by atomic mass is 10.2. The first-order chi connectivity index (χ1) is 9.43. The summed E-state index contributed by atoms with van der Waals surface area (Å²) in [6, 6.07) is 7.39. The Bertz CT molecular complexity index is 477. The molecule has 0 saturated heterocycles. The van der Waals surface area contributed by atoms with E-state index in [2.05, 4.69) is 5.32 Å². The van der Waals surface area contributed by atoms with Gasteiger partial charge in [-0.3, -0.25) is 9.59 Å². The highest BCUT2D eigenvalue weighted by atomic mass is 35.5. The summed E-state index contributed by atoms with van der Waals surface area (Å²) < 4.78 is 0. The van der Waals surface area contributed by atoms with Gasteiger partial charge in [-0.25, -0.2) is 0 Å². The average Bonchev–Trinajstić information content (AvgIpc) is 2.41. The van der Waals surface area contributed by atoms with Crippen molar-refractivity contribution >= 4 is 23.4 Å². The van der Waals surface area contributed by atoms with Crippen molar-refractivity contribution in [2.24, 2.45) is 5.73 Å². The summed E-state index contributed by atoms with van der Waals surface area (Å²) in [5, 5.41) is 3.12. The van der Waals surface area contributed by atoms with Crippen LogP contribution in [0.25, 0.3) is 0 Å². The van der Waals surface area contributed by atoms with E-state index in [1.165, 1.54) is 0 Å². The molecule has 0 fully saturated rings. The molecular weight excluding hydrogens is 278 g/mol. The molecule has 5 nitrogen and oxygen atoms in total. The molecule has 0 saturated carbocycles. The monoisotopic (exact) mass is 297 g/mol. The Morgan fingerprint density at radius 3 is 2.65 bits per heavy atom. The Labute approximate surface area is 124 Å². The number of halogens is 1. The molecule has 0 aliphatic rings. The van der Waals surface area contributed by atoms with Gasteiger partial charge in [0.25, 0.3) is 0 Å². The Morgan fingerprint density at radius 2 is 2.10 bits per heavy atom. The van der Waals surface area contributed by atoms with Crippen LogP contribution in [0.1, 0.15) is 19.4 Å². The van der Waals surface area contributed by atoms with Crippen molar-refractivity contribution in [3.8, 4) is 0 Å². The van der Waals surface area contributed by atoms with Crippen molar-refractivity contribution in [2.75, 3.05) is 13.1 Å². The maximum absolute atomic E-state index is 12.1. The average molecular weight is 298 g/mol. The predicted octanol–water partition coefficient (Wildman–Crippen LogP) is 1.15. The van der Waals surface area contributed by atoms with E-state index in [-0.39, 0.29) is 30.9 Å². The maximum atomic E-state index is 12.1. The lowest BCUT2D eigenvalue weighted by Crippen LogP contribution is -2.44. The van der Waals surface area contributed by atoms with Gasteiger partial charge in [0, 0.05) is 17.6 Å². The van der Waals surface area contributed by atoms with Gasteiger partial charge in [-0.1, -0.05) is 23.7 Å². The van der Waals surface area contributed by atoms with E-state index < -0.39 is 0 Å². The Kier molecular flexibility index (Phi) is 6.48. The molecule has 6 heteroatoms. The fourth-order valence-electron chi connectivity index (χ4n) is 1.74. The zero-order valence-electron chi connectivity index (χ0n) is 11.7. The lowest BCUT2D eigenvalue weighted by Gasteiger charge is -2.27. The first kappa shape index (κ1) is 16.5. The molecule has 1 aromatic carbocycles. The molecule has 1 rings (SSSR count). The van der Waals surface area contributed by atoms with Crippen LogP contribution in [0.4, 0.5) is 0 Å². The Hall–Kier alpha value is -1.59. The molecule has 110 valence electrons. The zero-order valence-corrected chi connectivity index (χ0v) is 12.5. The van der Waals surface area contributed by atoms with Crippen LogP contribution in [0, 0.1) is 0 Å². The highest BCUT2D eigenvalue weighted by Crippen LogP contribution is 2.14. The SMILES string of the molecule is CC(C)N(Cc1cccc(Cl)c1)C(=O)CNC(=O)CN. The van der Waals surface area contributed by atoms with E-state index in [1.54, 1.807) is 11.0 Å². The largest absolute Gasteiger partial charge is 0.346 e. The van der Waals surface area contributed by atoms with Gasteiger partial charge < -0.3 is 16.0 Å². The summed E-state index contributed by atoms with van der Waals surface area (Å²) in [4.78, 5) is 24.9. The van der Waals surface area contributed by atoms with Crippen LogP contribution in [0.5, 0.6) is 0 Å². The topological polar surface area (TPSA) is 75.4 Å². The van der Waals surface area contributed by atoms with E-state index in [0.717, 1.165) is 5.56 Å². The van der Waals surface area contributed by atoms with Gasteiger partial charge in [-0.15, -0.1) is 0 Å². The number of carbonyl (C=O) groups excluding carboxylic acids is 2. The molecule has 0 unspecified atom stereocenters. The number of carbonyl (C=O) groups is 2. The van der Waals surface area contributed by atoms with Gasteiger partial charge in [0.15, 0.2) is 0 Å². The number of rotatable bonds is 6. The van der Waals surface area contributed by atoms with E-state index in [9.17, 15) is 9.59 Å². The number of hydrogen-bond donors (Lipinski definition) is 2. The number of nitrogens with one attached hydrogen (secondary N) is 1. The molecule has 3 N–H and O–H groups in total. The van der Waals surface area contributed by atoms with E-state index in [0.29, 0.717) is 11.6 Å². The van der Waals surface area contributed by atoms with Crippen molar-refractivity contribution in [2.45, 2.75) is 26.4 Å². The van der Waals surface area contributed by atoms with Gasteiger partial charge >= 0.3 is 0 Å². The van der Waals surface area contributed by atoms with Gasteiger partial charge in [-0.05, 0) is 31.5 Å². The highest BCUT2D eigenvalue weighted by Gasteiger charge is 2.17. The second kappa shape index (κ2) is 7.87. The highest BCUT2D eigenvalue weighted by molar-refractivity contribution is 6.30. The Balaban J connectivity index is 2.69. The number of nitrogens with zero attached hydrogens (tertiary/aromatic N) is 1. The number of amides is 2. The summed E-state index contributed by atoms with van der Waals surface area (Å²) in [5.41, 5.74) is 6.13. The summed E-state index contributed by atoms with van der Waals surface area (Å²) >= 11 is 5.93. The first-order valence-electron chi connectivity index (χ1n) is 6.44. The van der Waals surface area contributed by atoms with Crippen LogP contribution in [0.2, 0.25) is 5.02 Å². The molecule has 0 aliphatic heterocycles. The second-order valence-electron chi connectivity index (χ2n) is 4.73. The molecule has 20 heavy (non-hydrogen) atoms. The number of hydrogen-bond acceptors (Lipinski definition) is 3. The number of nitrogens with two attached hydrogens (primary N) is 1. The van der Waals surface area contributed by atoms with Gasteiger partial charge in [-0.2, -0.15) is 0 Å². The molecule has 0 atom stereocenters. The third kappa shape index (κ3) is 5.19. The van der Waals surface area contributed by atoms with Crippen LogP contribution >= 0.6 is 11.6 Å². The Morgan fingerprint density at radius 1 is 1.40 bits per heavy atom.